The first kappa shape index (κ1) is 16.7. The first-order chi connectivity index (χ1) is 11.0. The quantitative estimate of drug-likeness (QED) is 0.922. The molecule has 0 bridgehead atoms. The summed E-state index contributed by atoms with van der Waals surface area (Å²) in [7, 11) is 0. The van der Waals surface area contributed by atoms with E-state index >= 15 is 0 Å². The number of hydrogen-bond acceptors (Lipinski definition) is 2. The number of benzene rings is 2. The van der Waals surface area contributed by atoms with Crippen LogP contribution in [0.5, 0.6) is 0 Å². The van der Waals surface area contributed by atoms with Crippen molar-refractivity contribution in [2.45, 2.75) is 13.8 Å². The Morgan fingerprint density at radius 1 is 1.09 bits per heavy atom. The van der Waals surface area contributed by atoms with Crippen LogP contribution < -0.4 is 10.2 Å². The van der Waals surface area contributed by atoms with Gasteiger partial charge in [0.15, 0.2) is 0 Å². The molecule has 2 aromatic carbocycles. The molecule has 2 amide bonds. The Labute approximate surface area is 134 Å². The number of carbonyl (C=O) groups is 2. The van der Waals surface area contributed by atoms with Crippen molar-refractivity contribution in [3.8, 4) is 0 Å². The van der Waals surface area contributed by atoms with E-state index < -0.39 is 0 Å². The van der Waals surface area contributed by atoms with Gasteiger partial charge in [0.1, 0.15) is 5.82 Å². The molecule has 4 nitrogen and oxygen atoms in total. The number of rotatable bonds is 5. The number of anilines is 1. The number of amides is 2. The average Bonchev–Trinajstić information content (AvgIpc) is 2.52. The van der Waals surface area contributed by atoms with Crippen LogP contribution in [0.3, 0.4) is 0 Å². The zero-order valence-corrected chi connectivity index (χ0v) is 13.2. The number of hydrogen-bond donors (Lipinski definition) is 1. The van der Waals surface area contributed by atoms with Crippen LogP contribution in [0.2, 0.25) is 0 Å². The number of carbonyl (C=O) groups excluding carboxylic acids is 2. The van der Waals surface area contributed by atoms with Crippen LogP contribution in [0, 0.1) is 12.7 Å². The molecule has 2 aromatic rings. The topological polar surface area (TPSA) is 49.4 Å². The van der Waals surface area contributed by atoms with Crippen LogP contribution in [0.4, 0.5) is 10.1 Å². The van der Waals surface area contributed by atoms with Crippen molar-refractivity contribution >= 4 is 17.5 Å². The molecule has 0 saturated heterocycles. The standard InChI is InChI=1S/C18H19FN2O2/c1-13-5-3-4-6-17(13)18(23)20-11-12-21(14(2)22)16-9-7-15(19)8-10-16/h3-10H,11-12H2,1-2H3,(H,20,23). The molecule has 0 aliphatic rings. The first-order valence-electron chi connectivity index (χ1n) is 7.36. The molecular weight excluding hydrogens is 295 g/mol. The Balaban J connectivity index is 1.97. The van der Waals surface area contributed by atoms with E-state index in [1.165, 1.54) is 24.0 Å². The molecule has 23 heavy (non-hydrogen) atoms. The van der Waals surface area contributed by atoms with E-state index in [4.69, 9.17) is 0 Å². The molecule has 0 fully saturated rings. The van der Waals surface area contributed by atoms with Crippen molar-refractivity contribution < 1.29 is 14.0 Å². The summed E-state index contributed by atoms with van der Waals surface area (Å²) in [4.78, 5) is 25.4. The van der Waals surface area contributed by atoms with E-state index in [-0.39, 0.29) is 17.6 Å². The van der Waals surface area contributed by atoms with E-state index in [1.807, 2.05) is 25.1 Å². The van der Waals surface area contributed by atoms with Crippen molar-refractivity contribution in [3.05, 3.63) is 65.5 Å². The summed E-state index contributed by atoms with van der Waals surface area (Å²) in [6.07, 6.45) is 0. The molecule has 5 heteroatoms. The van der Waals surface area contributed by atoms with Gasteiger partial charge in [-0.3, -0.25) is 9.59 Å². The summed E-state index contributed by atoms with van der Waals surface area (Å²) in [6.45, 7) is 3.94. The van der Waals surface area contributed by atoms with E-state index in [1.54, 1.807) is 18.2 Å². The van der Waals surface area contributed by atoms with Crippen molar-refractivity contribution in [3.63, 3.8) is 0 Å². The van der Waals surface area contributed by atoms with Crippen LogP contribution >= 0.6 is 0 Å². The van der Waals surface area contributed by atoms with Crippen molar-refractivity contribution in [2.24, 2.45) is 0 Å². The van der Waals surface area contributed by atoms with Gasteiger partial charge >= 0.3 is 0 Å². The molecule has 0 heterocycles. The van der Waals surface area contributed by atoms with Crippen LogP contribution in [-0.2, 0) is 4.79 Å². The zero-order valence-electron chi connectivity index (χ0n) is 13.2. The maximum absolute atomic E-state index is 13.0. The van der Waals surface area contributed by atoms with Gasteiger partial charge in [0, 0.05) is 31.3 Å². The van der Waals surface area contributed by atoms with E-state index in [9.17, 15) is 14.0 Å². The Hall–Kier alpha value is -2.69. The minimum absolute atomic E-state index is 0.165. The van der Waals surface area contributed by atoms with E-state index in [0.29, 0.717) is 24.3 Å². The molecule has 2 rings (SSSR count). The Bertz CT molecular complexity index is 698. The summed E-state index contributed by atoms with van der Waals surface area (Å²) >= 11 is 0. The van der Waals surface area contributed by atoms with Crippen LogP contribution in [-0.4, -0.2) is 24.9 Å². The van der Waals surface area contributed by atoms with Gasteiger partial charge in [0.2, 0.25) is 5.91 Å². The average molecular weight is 314 g/mol. The fourth-order valence-electron chi connectivity index (χ4n) is 2.29. The predicted octanol–water partition coefficient (Wildman–Crippen LogP) is 2.92. The van der Waals surface area contributed by atoms with Crippen molar-refractivity contribution in [1.29, 1.82) is 0 Å². The van der Waals surface area contributed by atoms with E-state index in [0.717, 1.165) is 5.56 Å². The molecule has 0 spiro atoms. The molecule has 0 aromatic heterocycles. The van der Waals surface area contributed by atoms with Gasteiger partial charge in [-0.05, 0) is 42.8 Å². The molecular formula is C18H19FN2O2. The number of aryl methyl sites for hydroxylation is 1. The number of halogens is 1. The molecule has 0 aliphatic heterocycles. The minimum atomic E-state index is -0.356. The largest absolute Gasteiger partial charge is 0.350 e. The predicted molar refractivity (Wildman–Crippen MR) is 87.9 cm³/mol. The summed E-state index contributed by atoms with van der Waals surface area (Å²) < 4.78 is 13.0. The first-order valence-corrected chi connectivity index (χ1v) is 7.36. The van der Waals surface area contributed by atoms with Crippen LogP contribution in [0.15, 0.2) is 48.5 Å². The molecule has 0 unspecified atom stereocenters. The van der Waals surface area contributed by atoms with Gasteiger partial charge in [-0.15, -0.1) is 0 Å². The van der Waals surface area contributed by atoms with Crippen LogP contribution in [0.1, 0.15) is 22.8 Å². The van der Waals surface area contributed by atoms with Gasteiger partial charge in [0.25, 0.3) is 5.91 Å². The van der Waals surface area contributed by atoms with Gasteiger partial charge in [-0.1, -0.05) is 18.2 Å². The van der Waals surface area contributed by atoms with Gasteiger partial charge < -0.3 is 10.2 Å². The second kappa shape index (κ2) is 7.54. The monoisotopic (exact) mass is 314 g/mol. The lowest BCUT2D eigenvalue weighted by Crippen LogP contribution is -2.37. The molecule has 120 valence electrons. The molecule has 0 radical (unpaired) electrons. The second-order valence-electron chi connectivity index (χ2n) is 5.22. The number of nitrogens with zero attached hydrogens (tertiary/aromatic N) is 1. The fourth-order valence-corrected chi connectivity index (χ4v) is 2.29. The van der Waals surface area contributed by atoms with E-state index in [2.05, 4.69) is 5.32 Å². The summed E-state index contributed by atoms with van der Waals surface area (Å²) in [5.41, 5.74) is 2.11. The molecule has 0 saturated carbocycles. The maximum atomic E-state index is 13.0. The van der Waals surface area contributed by atoms with Crippen molar-refractivity contribution in [1.82, 2.24) is 5.32 Å². The smallest absolute Gasteiger partial charge is 0.251 e. The SMILES string of the molecule is CC(=O)N(CCNC(=O)c1ccccc1C)c1ccc(F)cc1. The highest BCUT2D eigenvalue weighted by Gasteiger charge is 2.13. The molecule has 0 aliphatic carbocycles. The fraction of sp³-hybridized carbons (Fsp3) is 0.222. The van der Waals surface area contributed by atoms with Crippen molar-refractivity contribution in [2.75, 3.05) is 18.0 Å². The highest BCUT2D eigenvalue weighted by atomic mass is 19.1. The molecule has 1 N–H and O–H groups in total. The third-order valence-corrected chi connectivity index (χ3v) is 3.53. The minimum Gasteiger partial charge on any atom is -0.350 e. The third-order valence-electron chi connectivity index (χ3n) is 3.53. The summed E-state index contributed by atoms with van der Waals surface area (Å²) in [5.74, 6) is -0.697. The highest BCUT2D eigenvalue weighted by molar-refractivity contribution is 5.96. The summed E-state index contributed by atoms with van der Waals surface area (Å²) in [6, 6.07) is 13.0. The maximum Gasteiger partial charge on any atom is 0.251 e. The third kappa shape index (κ3) is 4.39. The second-order valence-corrected chi connectivity index (χ2v) is 5.22. The number of nitrogens with one attached hydrogen (secondary N) is 1. The van der Waals surface area contributed by atoms with Gasteiger partial charge in [-0.2, -0.15) is 0 Å². The Kier molecular flexibility index (Phi) is 5.46. The summed E-state index contributed by atoms with van der Waals surface area (Å²) in [5, 5.41) is 2.80. The normalized spacial score (nSPS) is 10.2. The lowest BCUT2D eigenvalue weighted by molar-refractivity contribution is -0.116. The Morgan fingerprint density at radius 3 is 2.35 bits per heavy atom. The Morgan fingerprint density at radius 2 is 1.74 bits per heavy atom. The van der Waals surface area contributed by atoms with Crippen LogP contribution in [0.25, 0.3) is 0 Å². The van der Waals surface area contributed by atoms with Gasteiger partial charge in [0.05, 0.1) is 0 Å². The van der Waals surface area contributed by atoms with Gasteiger partial charge in [-0.25, -0.2) is 4.39 Å². The lowest BCUT2D eigenvalue weighted by atomic mass is 10.1. The highest BCUT2D eigenvalue weighted by Crippen LogP contribution is 2.14. The lowest BCUT2D eigenvalue weighted by Gasteiger charge is -2.21. The zero-order chi connectivity index (χ0) is 16.8. The molecule has 0 atom stereocenters.